The highest BCUT2D eigenvalue weighted by atomic mass is 79.9. The molecule has 2 nitrogen and oxygen atoms in total. The van der Waals surface area contributed by atoms with Gasteiger partial charge in [0.05, 0.1) is 12.4 Å². The first kappa shape index (κ1) is 9.37. The minimum Gasteiger partial charge on any atom is -0.457 e. The van der Waals surface area contributed by atoms with Gasteiger partial charge in [0.15, 0.2) is 4.67 Å². The number of aliphatic hydroxyl groups is 1. The summed E-state index contributed by atoms with van der Waals surface area (Å²) in [5, 5.41) is 9.48. The molecule has 0 aromatic carbocycles. The van der Waals surface area contributed by atoms with E-state index in [0.717, 1.165) is 5.56 Å². The molecule has 0 aliphatic heterocycles. The van der Waals surface area contributed by atoms with Gasteiger partial charge >= 0.3 is 0 Å². The van der Waals surface area contributed by atoms with Crippen molar-refractivity contribution >= 4 is 15.9 Å². The third kappa shape index (κ3) is 2.40. The quantitative estimate of drug-likeness (QED) is 0.790. The van der Waals surface area contributed by atoms with Gasteiger partial charge in [-0.25, -0.2) is 0 Å². The Labute approximate surface area is 79.7 Å². The van der Waals surface area contributed by atoms with Gasteiger partial charge in [0.25, 0.3) is 0 Å². The van der Waals surface area contributed by atoms with Crippen LogP contribution in [-0.4, -0.2) is 5.11 Å². The molecular formula is C9H9BrO2. The first-order chi connectivity index (χ1) is 5.74. The van der Waals surface area contributed by atoms with Crippen LogP contribution in [0, 0.1) is 11.8 Å². The first-order valence-corrected chi connectivity index (χ1v) is 4.35. The normalized spacial score (nSPS) is 11.9. The van der Waals surface area contributed by atoms with Gasteiger partial charge in [0.1, 0.15) is 0 Å². The highest BCUT2D eigenvalue weighted by Crippen LogP contribution is 2.21. The predicted molar refractivity (Wildman–Crippen MR) is 49.4 cm³/mol. The van der Waals surface area contributed by atoms with Gasteiger partial charge in [0, 0.05) is 12.0 Å². The average molecular weight is 229 g/mol. The Morgan fingerprint density at radius 3 is 3.00 bits per heavy atom. The van der Waals surface area contributed by atoms with E-state index in [2.05, 4.69) is 27.8 Å². The lowest BCUT2D eigenvalue weighted by Crippen LogP contribution is -1.92. The summed E-state index contributed by atoms with van der Waals surface area (Å²) < 4.78 is 5.60. The molecule has 1 heterocycles. The maximum absolute atomic E-state index is 9.48. The van der Waals surface area contributed by atoms with Crippen LogP contribution in [-0.2, 0) is 0 Å². The van der Waals surface area contributed by atoms with Crippen molar-refractivity contribution in [2.75, 3.05) is 0 Å². The summed E-state index contributed by atoms with van der Waals surface area (Å²) in [5.74, 6) is 5.52. The molecule has 1 atom stereocenters. The monoisotopic (exact) mass is 228 g/mol. The van der Waals surface area contributed by atoms with Gasteiger partial charge in [-0.05, 0) is 28.9 Å². The SMILES string of the molecule is CC#CCC(O)c1coc(Br)c1. The molecule has 1 aromatic rings. The third-order valence-corrected chi connectivity index (χ3v) is 1.86. The fraction of sp³-hybridized carbons (Fsp3) is 0.333. The molecular weight excluding hydrogens is 220 g/mol. The van der Waals surface area contributed by atoms with Crippen LogP contribution < -0.4 is 0 Å². The molecule has 0 aliphatic carbocycles. The molecule has 1 unspecified atom stereocenters. The van der Waals surface area contributed by atoms with Crippen LogP contribution in [0.4, 0.5) is 0 Å². The van der Waals surface area contributed by atoms with Crippen molar-refractivity contribution in [1.82, 2.24) is 0 Å². The summed E-state index contributed by atoms with van der Waals surface area (Å²) >= 11 is 3.15. The standard InChI is InChI=1S/C9H9BrO2/c1-2-3-4-8(11)7-5-9(10)12-6-7/h5-6,8,11H,4H2,1H3. The van der Waals surface area contributed by atoms with Gasteiger partial charge < -0.3 is 9.52 Å². The number of hydrogen-bond donors (Lipinski definition) is 1. The van der Waals surface area contributed by atoms with Crippen molar-refractivity contribution in [2.24, 2.45) is 0 Å². The lowest BCUT2D eigenvalue weighted by Gasteiger charge is -2.00. The second kappa shape index (κ2) is 4.34. The Hall–Kier alpha value is -0.720. The second-order valence-corrected chi connectivity index (χ2v) is 3.11. The highest BCUT2D eigenvalue weighted by Gasteiger charge is 2.08. The van der Waals surface area contributed by atoms with Crippen LogP contribution in [0.15, 0.2) is 21.4 Å². The zero-order chi connectivity index (χ0) is 8.97. The number of furan rings is 1. The molecule has 0 spiro atoms. The summed E-state index contributed by atoms with van der Waals surface area (Å²) in [6.07, 6.45) is 1.42. The van der Waals surface area contributed by atoms with Crippen molar-refractivity contribution in [3.8, 4) is 11.8 Å². The molecule has 1 aromatic heterocycles. The lowest BCUT2D eigenvalue weighted by molar-refractivity contribution is 0.183. The number of halogens is 1. The van der Waals surface area contributed by atoms with Crippen LogP contribution in [0.25, 0.3) is 0 Å². The number of hydrogen-bond acceptors (Lipinski definition) is 2. The fourth-order valence-electron chi connectivity index (χ4n) is 0.815. The molecule has 0 radical (unpaired) electrons. The van der Waals surface area contributed by atoms with Crippen LogP contribution in [0.2, 0.25) is 0 Å². The van der Waals surface area contributed by atoms with Crippen LogP contribution in [0.1, 0.15) is 25.0 Å². The van der Waals surface area contributed by atoms with Gasteiger partial charge in [-0.1, -0.05) is 0 Å². The topological polar surface area (TPSA) is 33.4 Å². The van der Waals surface area contributed by atoms with E-state index in [1.54, 1.807) is 13.0 Å². The van der Waals surface area contributed by atoms with Crippen molar-refractivity contribution in [1.29, 1.82) is 0 Å². The minimum absolute atomic E-state index is 0.447. The van der Waals surface area contributed by atoms with Crippen molar-refractivity contribution in [2.45, 2.75) is 19.4 Å². The molecule has 0 aliphatic rings. The molecule has 3 heteroatoms. The first-order valence-electron chi connectivity index (χ1n) is 3.55. The molecule has 0 saturated heterocycles. The Kier molecular flexibility index (Phi) is 3.39. The fourth-order valence-corrected chi connectivity index (χ4v) is 1.17. The van der Waals surface area contributed by atoms with Gasteiger partial charge in [-0.2, -0.15) is 0 Å². The molecule has 0 bridgehead atoms. The third-order valence-electron chi connectivity index (χ3n) is 1.44. The largest absolute Gasteiger partial charge is 0.457 e. The highest BCUT2D eigenvalue weighted by molar-refractivity contribution is 9.10. The smallest absolute Gasteiger partial charge is 0.169 e. The predicted octanol–water partition coefficient (Wildman–Crippen LogP) is 2.49. The van der Waals surface area contributed by atoms with E-state index in [1.165, 1.54) is 6.26 Å². The van der Waals surface area contributed by atoms with E-state index in [1.807, 2.05) is 0 Å². The molecule has 64 valence electrons. The van der Waals surface area contributed by atoms with Crippen LogP contribution in [0.5, 0.6) is 0 Å². The summed E-state index contributed by atoms with van der Waals surface area (Å²) in [4.78, 5) is 0. The second-order valence-electron chi connectivity index (χ2n) is 2.33. The Morgan fingerprint density at radius 1 is 1.75 bits per heavy atom. The number of rotatable bonds is 2. The van der Waals surface area contributed by atoms with E-state index in [9.17, 15) is 5.11 Å². The van der Waals surface area contributed by atoms with Gasteiger partial charge in [-0.3, -0.25) is 0 Å². The molecule has 1 N–H and O–H groups in total. The summed E-state index contributed by atoms with van der Waals surface area (Å²) in [7, 11) is 0. The Morgan fingerprint density at radius 2 is 2.50 bits per heavy atom. The minimum atomic E-state index is -0.549. The Balaban J connectivity index is 2.62. The van der Waals surface area contributed by atoms with Crippen molar-refractivity contribution < 1.29 is 9.52 Å². The molecule has 12 heavy (non-hydrogen) atoms. The molecule has 0 fully saturated rings. The van der Waals surface area contributed by atoms with Crippen molar-refractivity contribution in [3.05, 3.63) is 22.6 Å². The lowest BCUT2D eigenvalue weighted by atomic mass is 10.1. The summed E-state index contributed by atoms with van der Waals surface area (Å²) in [6.45, 7) is 1.75. The van der Waals surface area contributed by atoms with E-state index in [-0.39, 0.29) is 0 Å². The van der Waals surface area contributed by atoms with Crippen molar-refractivity contribution in [3.63, 3.8) is 0 Å². The Bertz CT molecular complexity index is 306. The summed E-state index contributed by atoms with van der Waals surface area (Å²) in [6, 6.07) is 1.74. The molecule has 0 saturated carbocycles. The zero-order valence-electron chi connectivity index (χ0n) is 6.67. The molecule has 0 amide bonds. The maximum Gasteiger partial charge on any atom is 0.169 e. The average Bonchev–Trinajstić information content (AvgIpc) is 2.47. The van der Waals surface area contributed by atoms with Crippen LogP contribution >= 0.6 is 15.9 Å². The number of aliphatic hydroxyl groups excluding tert-OH is 1. The van der Waals surface area contributed by atoms with Gasteiger partial charge in [-0.15, -0.1) is 11.8 Å². The van der Waals surface area contributed by atoms with Gasteiger partial charge in [0.2, 0.25) is 0 Å². The van der Waals surface area contributed by atoms with E-state index < -0.39 is 6.10 Å². The zero-order valence-corrected chi connectivity index (χ0v) is 8.26. The van der Waals surface area contributed by atoms with Crippen LogP contribution in [0.3, 0.4) is 0 Å². The van der Waals surface area contributed by atoms with E-state index in [4.69, 9.17) is 4.42 Å². The van der Waals surface area contributed by atoms with E-state index >= 15 is 0 Å². The summed E-state index contributed by atoms with van der Waals surface area (Å²) in [5.41, 5.74) is 0.754. The van der Waals surface area contributed by atoms with E-state index in [0.29, 0.717) is 11.1 Å². The maximum atomic E-state index is 9.48. The molecule has 1 rings (SSSR count).